The molecule has 98 valence electrons. The Hall–Kier alpha value is -2.12. The van der Waals surface area contributed by atoms with Gasteiger partial charge in [0.25, 0.3) is 0 Å². The van der Waals surface area contributed by atoms with Crippen LogP contribution < -0.4 is 21.5 Å². The molecule has 0 saturated heterocycles. The van der Waals surface area contributed by atoms with E-state index in [1.807, 2.05) is 42.5 Å². The highest BCUT2D eigenvalue weighted by Gasteiger charge is 2.02. The highest BCUT2D eigenvalue weighted by atomic mass is 32.1. The molecule has 2 aromatic rings. The largest absolute Gasteiger partial charge is 0.332 e. The van der Waals surface area contributed by atoms with Gasteiger partial charge in [-0.2, -0.15) is 0 Å². The van der Waals surface area contributed by atoms with Crippen molar-refractivity contribution >= 4 is 50.8 Å². The molecule has 0 aliphatic heterocycles. The van der Waals surface area contributed by atoms with Gasteiger partial charge < -0.3 is 10.6 Å². The third-order valence-electron chi connectivity index (χ3n) is 2.13. The number of hydrogen-bond donors (Lipinski definition) is 4. The van der Waals surface area contributed by atoms with E-state index in [-0.39, 0.29) is 0 Å². The van der Waals surface area contributed by atoms with E-state index < -0.39 is 0 Å². The van der Waals surface area contributed by atoms with Gasteiger partial charge in [0.1, 0.15) is 5.00 Å². The summed E-state index contributed by atoms with van der Waals surface area (Å²) >= 11 is 6.65. The number of thiocarbonyl (C=S) groups is 1. The van der Waals surface area contributed by atoms with Crippen LogP contribution in [0.3, 0.4) is 0 Å². The minimum atomic E-state index is 0.517. The van der Waals surface area contributed by atoms with Gasteiger partial charge in [0.05, 0.1) is 5.00 Å². The highest BCUT2D eigenvalue weighted by Crippen LogP contribution is 2.26. The first-order chi connectivity index (χ1) is 9.28. The number of para-hydroxylation sites is 1. The molecule has 0 aliphatic carbocycles. The van der Waals surface area contributed by atoms with E-state index in [4.69, 9.17) is 12.2 Å². The van der Waals surface area contributed by atoms with Gasteiger partial charge >= 0.3 is 0 Å². The van der Waals surface area contributed by atoms with Crippen LogP contribution in [0.25, 0.3) is 0 Å². The number of rotatable bonds is 5. The average Bonchev–Trinajstić information content (AvgIpc) is 2.85. The fourth-order valence-electron chi connectivity index (χ4n) is 1.37. The third kappa shape index (κ3) is 4.23. The number of carbonyl (C=O) groups excluding carboxylic acids is 1. The minimum absolute atomic E-state index is 0.517. The molecule has 2 rings (SSSR count). The molecule has 4 N–H and O–H groups in total. The van der Waals surface area contributed by atoms with Crippen LogP contribution in [0.1, 0.15) is 0 Å². The summed E-state index contributed by atoms with van der Waals surface area (Å²) in [4.78, 5) is 10.2. The minimum Gasteiger partial charge on any atom is -0.332 e. The summed E-state index contributed by atoms with van der Waals surface area (Å²) in [6.07, 6.45) is 0.578. The normalized spacial score (nSPS) is 9.47. The molecule has 1 aromatic carbocycles. The number of amides is 1. The Morgan fingerprint density at radius 3 is 2.53 bits per heavy atom. The first-order valence-electron chi connectivity index (χ1n) is 5.46. The van der Waals surface area contributed by atoms with E-state index in [0.29, 0.717) is 11.5 Å². The Morgan fingerprint density at radius 2 is 1.79 bits per heavy atom. The van der Waals surface area contributed by atoms with Crippen LogP contribution in [0.2, 0.25) is 0 Å². The van der Waals surface area contributed by atoms with Gasteiger partial charge in [-0.05, 0) is 36.5 Å². The zero-order valence-electron chi connectivity index (χ0n) is 9.84. The highest BCUT2D eigenvalue weighted by molar-refractivity contribution is 7.80. The molecule has 0 radical (unpaired) electrons. The number of anilines is 3. The van der Waals surface area contributed by atoms with Gasteiger partial charge in [-0.25, -0.2) is 0 Å². The molecule has 0 fully saturated rings. The van der Waals surface area contributed by atoms with Crippen LogP contribution in [0.5, 0.6) is 0 Å². The van der Waals surface area contributed by atoms with E-state index in [0.717, 1.165) is 15.7 Å². The average molecular weight is 292 g/mol. The predicted octanol–water partition coefficient (Wildman–Crippen LogP) is 2.63. The van der Waals surface area contributed by atoms with Gasteiger partial charge in [-0.3, -0.25) is 15.6 Å². The lowest BCUT2D eigenvalue weighted by atomic mass is 10.3. The maximum atomic E-state index is 10.2. The first kappa shape index (κ1) is 13.3. The molecule has 0 atom stereocenters. The quantitative estimate of drug-likeness (QED) is 0.388. The Bertz CT molecular complexity index is 556. The summed E-state index contributed by atoms with van der Waals surface area (Å²) in [5.41, 5.74) is 6.04. The van der Waals surface area contributed by atoms with Crippen molar-refractivity contribution in [3.05, 3.63) is 42.5 Å². The van der Waals surface area contributed by atoms with E-state index in [1.165, 1.54) is 11.3 Å². The van der Waals surface area contributed by atoms with Crippen molar-refractivity contribution in [3.63, 3.8) is 0 Å². The molecule has 0 bridgehead atoms. The van der Waals surface area contributed by atoms with E-state index in [1.54, 1.807) is 0 Å². The summed E-state index contributed by atoms with van der Waals surface area (Å²) in [6, 6.07) is 13.4. The predicted molar refractivity (Wildman–Crippen MR) is 83.4 cm³/mol. The van der Waals surface area contributed by atoms with Crippen molar-refractivity contribution in [2.75, 3.05) is 16.1 Å². The fraction of sp³-hybridized carbons (Fsp3) is 0. The second-order valence-electron chi connectivity index (χ2n) is 3.50. The molecule has 7 heteroatoms. The van der Waals surface area contributed by atoms with E-state index in [2.05, 4.69) is 21.5 Å². The van der Waals surface area contributed by atoms with Crippen LogP contribution in [0.4, 0.5) is 15.7 Å². The summed E-state index contributed by atoms with van der Waals surface area (Å²) in [6.45, 7) is 0. The molecule has 1 amide bonds. The van der Waals surface area contributed by atoms with Gasteiger partial charge in [0.2, 0.25) is 6.41 Å². The van der Waals surface area contributed by atoms with Crippen LogP contribution in [-0.4, -0.2) is 11.5 Å². The van der Waals surface area contributed by atoms with Gasteiger partial charge in [-0.15, -0.1) is 0 Å². The van der Waals surface area contributed by atoms with Gasteiger partial charge in [0, 0.05) is 5.69 Å². The first-order valence-corrected chi connectivity index (χ1v) is 6.68. The van der Waals surface area contributed by atoms with E-state index in [9.17, 15) is 4.79 Å². The number of carbonyl (C=O) groups is 1. The number of hydrazine groups is 1. The lowest BCUT2D eigenvalue weighted by molar-refractivity contribution is -0.109. The molecule has 5 nitrogen and oxygen atoms in total. The fourth-order valence-corrected chi connectivity index (χ4v) is 2.43. The number of thiophene rings is 1. The molecule has 0 unspecified atom stereocenters. The Labute approximate surface area is 120 Å². The zero-order valence-corrected chi connectivity index (χ0v) is 11.5. The molecule has 0 spiro atoms. The van der Waals surface area contributed by atoms with Crippen LogP contribution in [0.15, 0.2) is 42.5 Å². The van der Waals surface area contributed by atoms with Crippen molar-refractivity contribution in [2.24, 2.45) is 0 Å². The standard InChI is InChI=1S/C12H12N4OS2/c17-8-13-16-11-7-6-10(19-11)15-12(18)14-9-4-2-1-3-5-9/h1-8,16H,(H,13,17)(H2,14,15,18). The molecule has 1 heterocycles. The van der Waals surface area contributed by atoms with Crippen molar-refractivity contribution in [3.8, 4) is 0 Å². The van der Waals surface area contributed by atoms with Crippen molar-refractivity contribution in [2.45, 2.75) is 0 Å². The van der Waals surface area contributed by atoms with Crippen LogP contribution >= 0.6 is 23.6 Å². The zero-order chi connectivity index (χ0) is 13.5. The molecular formula is C12H12N4OS2. The second-order valence-corrected chi connectivity index (χ2v) is 4.99. The van der Waals surface area contributed by atoms with E-state index >= 15 is 0 Å². The molecule has 0 aliphatic rings. The Balaban J connectivity index is 1.88. The van der Waals surface area contributed by atoms with Crippen molar-refractivity contribution < 1.29 is 4.79 Å². The number of benzene rings is 1. The monoisotopic (exact) mass is 292 g/mol. The van der Waals surface area contributed by atoms with Crippen molar-refractivity contribution in [1.29, 1.82) is 0 Å². The van der Waals surface area contributed by atoms with Gasteiger partial charge in [0.15, 0.2) is 5.11 Å². The summed E-state index contributed by atoms with van der Waals surface area (Å²) in [5.74, 6) is 0. The lowest BCUT2D eigenvalue weighted by Crippen LogP contribution is -2.18. The molecule has 19 heavy (non-hydrogen) atoms. The van der Waals surface area contributed by atoms with Crippen LogP contribution in [-0.2, 0) is 4.79 Å². The SMILES string of the molecule is O=CNNc1ccc(NC(=S)Nc2ccccc2)s1. The van der Waals surface area contributed by atoms with Crippen LogP contribution in [0, 0.1) is 0 Å². The van der Waals surface area contributed by atoms with Crippen molar-refractivity contribution in [1.82, 2.24) is 5.43 Å². The number of nitrogens with one attached hydrogen (secondary N) is 4. The smallest absolute Gasteiger partial charge is 0.225 e. The Kier molecular flexibility index (Phi) is 4.71. The third-order valence-corrected chi connectivity index (χ3v) is 3.25. The maximum absolute atomic E-state index is 10.2. The number of hydrogen-bond acceptors (Lipinski definition) is 4. The topological polar surface area (TPSA) is 65.2 Å². The summed E-state index contributed by atoms with van der Waals surface area (Å²) < 4.78 is 0. The summed E-state index contributed by atoms with van der Waals surface area (Å²) in [5, 5.41) is 8.36. The molecule has 0 saturated carbocycles. The van der Waals surface area contributed by atoms with Gasteiger partial charge in [-0.1, -0.05) is 29.5 Å². The summed E-state index contributed by atoms with van der Waals surface area (Å²) in [7, 11) is 0. The molecule has 1 aromatic heterocycles. The lowest BCUT2D eigenvalue weighted by Gasteiger charge is -2.08. The molecular weight excluding hydrogens is 280 g/mol. The maximum Gasteiger partial charge on any atom is 0.225 e. The second kappa shape index (κ2) is 6.72. The Morgan fingerprint density at radius 1 is 1.05 bits per heavy atom.